The lowest BCUT2D eigenvalue weighted by Crippen LogP contribution is -2.15. The van der Waals surface area contributed by atoms with E-state index in [9.17, 15) is 10.1 Å². The molecule has 33 heavy (non-hydrogen) atoms. The van der Waals surface area contributed by atoms with Crippen molar-refractivity contribution in [2.75, 3.05) is 11.1 Å². The van der Waals surface area contributed by atoms with Gasteiger partial charge in [0.15, 0.2) is 11.0 Å². The number of rotatable bonds is 6. The molecule has 0 saturated heterocycles. The second-order valence-electron chi connectivity index (χ2n) is 7.31. The molecular weight excluding hydrogens is 456 g/mol. The molecule has 2 aromatic carbocycles. The average Bonchev–Trinajstić information content (AvgIpc) is 3.22. The lowest BCUT2D eigenvalue weighted by Gasteiger charge is -2.13. The van der Waals surface area contributed by atoms with Gasteiger partial charge in [-0.05, 0) is 55.8 Å². The van der Waals surface area contributed by atoms with Crippen molar-refractivity contribution in [2.45, 2.75) is 19.0 Å². The van der Waals surface area contributed by atoms with Crippen LogP contribution in [0.3, 0.4) is 0 Å². The number of carbonyl (C=O) groups excluding carboxylic acids is 1. The Balaban J connectivity index is 1.63. The quantitative estimate of drug-likeness (QED) is 0.386. The van der Waals surface area contributed by atoms with Gasteiger partial charge in [-0.1, -0.05) is 41.1 Å². The standard InChI is InChI=1S/C24H19ClN6OS/c1-15-5-8-21(16(2)10-15)31-23(18-4-3-9-27-13-18)29-30-24(31)33-14-22(32)28-20-11-19(25)7-6-17(20)12-26/h3-11,13H,14H2,1-2H3,(H,28,32). The highest BCUT2D eigenvalue weighted by Crippen LogP contribution is 2.30. The first-order valence-corrected chi connectivity index (χ1v) is 11.4. The Hall–Kier alpha value is -3.67. The molecule has 4 rings (SSSR count). The van der Waals surface area contributed by atoms with E-state index >= 15 is 0 Å². The highest BCUT2D eigenvalue weighted by atomic mass is 35.5. The second-order valence-corrected chi connectivity index (χ2v) is 8.69. The SMILES string of the molecule is Cc1ccc(-n2c(SCC(=O)Nc3cc(Cl)ccc3C#N)nnc2-c2cccnc2)c(C)c1. The summed E-state index contributed by atoms with van der Waals surface area (Å²) < 4.78 is 1.93. The molecule has 0 aliphatic heterocycles. The van der Waals surface area contributed by atoms with Crippen LogP contribution in [0.1, 0.15) is 16.7 Å². The molecule has 2 heterocycles. The summed E-state index contributed by atoms with van der Waals surface area (Å²) in [6, 6.07) is 16.7. The molecule has 0 aliphatic carbocycles. The minimum atomic E-state index is -0.281. The zero-order valence-corrected chi connectivity index (χ0v) is 19.5. The summed E-state index contributed by atoms with van der Waals surface area (Å²) in [6.45, 7) is 4.06. The number of carbonyl (C=O) groups is 1. The Bertz CT molecular complexity index is 1360. The van der Waals surface area contributed by atoms with Gasteiger partial charge in [-0.25, -0.2) is 0 Å². The third-order valence-corrected chi connectivity index (χ3v) is 6.02. The third-order valence-electron chi connectivity index (χ3n) is 4.85. The molecule has 0 atom stereocenters. The number of halogens is 1. The smallest absolute Gasteiger partial charge is 0.234 e. The zero-order valence-electron chi connectivity index (χ0n) is 17.9. The van der Waals surface area contributed by atoms with Gasteiger partial charge in [-0.3, -0.25) is 14.3 Å². The molecular formula is C24H19ClN6OS. The van der Waals surface area contributed by atoms with E-state index < -0.39 is 0 Å². The third kappa shape index (κ3) is 5.06. The predicted molar refractivity (Wildman–Crippen MR) is 130 cm³/mol. The normalized spacial score (nSPS) is 10.6. The van der Waals surface area contributed by atoms with Crippen LogP contribution in [0.4, 0.5) is 5.69 Å². The first-order valence-electron chi connectivity index (χ1n) is 10.0. The van der Waals surface area contributed by atoms with Gasteiger partial charge in [0.1, 0.15) is 6.07 Å². The van der Waals surface area contributed by atoms with Crippen LogP contribution in [0.25, 0.3) is 17.1 Å². The number of thioether (sulfide) groups is 1. The van der Waals surface area contributed by atoms with Crippen LogP contribution in [0.2, 0.25) is 5.02 Å². The summed E-state index contributed by atoms with van der Waals surface area (Å²) in [5, 5.41) is 21.8. The van der Waals surface area contributed by atoms with E-state index in [0.717, 1.165) is 22.4 Å². The number of anilines is 1. The van der Waals surface area contributed by atoms with Gasteiger partial charge in [0.2, 0.25) is 5.91 Å². The van der Waals surface area contributed by atoms with Crippen molar-refractivity contribution in [3.63, 3.8) is 0 Å². The number of benzene rings is 2. The van der Waals surface area contributed by atoms with E-state index in [1.165, 1.54) is 11.8 Å². The summed E-state index contributed by atoms with van der Waals surface area (Å²) in [5.74, 6) is 0.435. The summed E-state index contributed by atoms with van der Waals surface area (Å²) in [6.07, 6.45) is 3.43. The molecule has 2 aromatic heterocycles. The minimum absolute atomic E-state index is 0.0768. The van der Waals surface area contributed by atoms with E-state index in [2.05, 4.69) is 32.6 Å². The van der Waals surface area contributed by atoms with Gasteiger partial charge in [0.25, 0.3) is 0 Å². The van der Waals surface area contributed by atoms with Crippen LogP contribution in [-0.4, -0.2) is 31.4 Å². The van der Waals surface area contributed by atoms with E-state index in [0.29, 0.717) is 27.3 Å². The molecule has 0 saturated carbocycles. The maximum atomic E-state index is 12.6. The van der Waals surface area contributed by atoms with Gasteiger partial charge >= 0.3 is 0 Å². The number of pyridine rings is 1. The fraction of sp³-hybridized carbons (Fsp3) is 0.125. The largest absolute Gasteiger partial charge is 0.324 e. The molecule has 0 bridgehead atoms. The number of aryl methyl sites for hydroxylation is 2. The molecule has 0 spiro atoms. The van der Waals surface area contributed by atoms with Crippen LogP contribution in [0.5, 0.6) is 0 Å². The van der Waals surface area contributed by atoms with Crippen molar-refractivity contribution in [1.29, 1.82) is 5.26 Å². The van der Waals surface area contributed by atoms with E-state index in [4.69, 9.17) is 11.6 Å². The summed E-state index contributed by atoms with van der Waals surface area (Å²) in [4.78, 5) is 16.8. The van der Waals surface area contributed by atoms with Crippen LogP contribution < -0.4 is 5.32 Å². The predicted octanol–water partition coefficient (Wildman–Crippen LogP) is 5.20. The molecule has 4 aromatic rings. The highest BCUT2D eigenvalue weighted by molar-refractivity contribution is 7.99. The molecule has 0 radical (unpaired) electrons. The molecule has 1 N–H and O–H groups in total. The molecule has 0 aliphatic rings. The van der Waals surface area contributed by atoms with Crippen molar-refractivity contribution in [2.24, 2.45) is 0 Å². The number of aromatic nitrogens is 4. The Morgan fingerprint density at radius 3 is 2.76 bits per heavy atom. The van der Waals surface area contributed by atoms with Crippen molar-refractivity contribution in [3.05, 3.63) is 82.6 Å². The molecule has 0 fully saturated rings. The second kappa shape index (κ2) is 9.86. The lowest BCUT2D eigenvalue weighted by atomic mass is 10.1. The maximum absolute atomic E-state index is 12.6. The number of hydrogen-bond donors (Lipinski definition) is 1. The minimum Gasteiger partial charge on any atom is -0.324 e. The average molecular weight is 475 g/mol. The van der Waals surface area contributed by atoms with Gasteiger partial charge in [0.05, 0.1) is 22.7 Å². The molecule has 1 amide bonds. The Morgan fingerprint density at radius 2 is 2.03 bits per heavy atom. The lowest BCUT2D eigenvalue weighted by molar-refractivity contribution is -0.113. The summed E-state index contributed by atoms with van der Waals surface area (Å²) in [7, 11) is 0. The molecule has 164 valence electrons. The number of hydrogen-bond acceptors (Lipinski definition) is 6. The van der Waals surface area contributed by atoms with Gasteiger partial charge in [-0.15, -0.1) is 10.2 Å². The highest BCUT2D eigenvalue weighted by Gasteiger charge is 2.19. The fourth-order valence-corrected chi connectivity index (χ4v) is 4.27. The fourth-order valence-electron chi connectivity index (χ4n) is 3.35. The van der Waals surface area contributed by atoms with Gasteiger partial charge in [0, 0.05) is 23.0 Å². The monoisotopic (exact) mass is 474 g/mol. The molecule has 7 nitrogen and oxygen atoms in total. The van der Waals surface area contributed by atoms with E-state index in [1.807, 2.05) is 42.7 Å². The first kappa shape index (κ1) is 22.5. The molecule has 9 heteroatoms. The zero-order chi connectivity index (χ0) is 23.4. The Kier molecular flexibility index (Phi) is 6.73. The van der Waals surface area contributed by atoms with Crippen LogP contribution in [0.15, 0.2) is 66.1 Å². The van der Waals surface area contributed by atoms with Crippen molar-refractivity contribution < 1.29 is 4.79 Å². The van der Waals surface area contributed by atoms with Crippen molar-refractivity contribution >= 4 is 35.0 Å². The maximum Gasteiger partial charge on any atom is 0.234 e. The Morgan fingerprint density at radius 1 is 1.18 bits per heavy atom. The van der Waals surface area contributed by atoms with Gasteiger partial charge in [-0.2, -0.15) is 5.26 Å². The van der Waals surface area contributed by atoms with Crippen LogP contribution in [-0.2, 0) is 4.79 Å². The number of nitriles is 1. The van der Waals surface area contributed by atoms with Crippen molar-refractivity contribution in [1.82, 2.24) is 19.7 Å². The van der Waals surface area contributed by atoms with Crippen molar-refractivity contribution in [3.8, 4) is 23.1 Å². The topological polar surface area (TPSA) is 96.5 Å². The number of nitrogens with zero attached hydrogens (tertiary/aromatic N) is 5. The van der Waals surface area contributed by atoms with Gasteiger partial charge < -0.3 is 5.32 Å². The summed E-state index contributed by atoms with van der Waals surface area (Å²) >= 11 is 7.27. The van der Waals surface area contributed by atoms with E-state index in [1.54, 1.807) is 30.6 Å². The molecule has 0 unspecified atom stereocenters. The summed E-state index contributed by atoms with van der Waals surface area (Å²) in [5.41, 5.74) is 4.67. The first-order chi connectivity index (χ1) is 16.0. The number of nitrogens with one attached hydrogen (secondary N) is 1. The Labute approximate surface area is 200 Å². The van der Waals surface area contributed by atoms with Crippen LogP contribution in [0, 0.1) is 25.2 Å². The van der Waals surface area contributed by atoms with Crippen LogP contribution >= 0.6 is 23.4 Å². The number of amides is 1. The van der Waals surface area contributed by atoms with E-state index in [-0.39, 0.29) is 11.7 Å².